The van der Waals surface area contributed by atoms with E-state index in [1.807, 2.05) is 0 Å². The molecule has 150 valence electrons. The van der Waals surface area contributed by atoms with E-state index >= 15 is 0 Å². The summed E-state index contributed by atoms with van der Waals surface area (Å²) in [6.07, 6.45) is -0.696. The molecule has 1 aliphatic heterocycles. The van der Waals surface area contributed by atoms with E-state index in [9.17, 15) is 9.59 Å². The van der Waals surface area contributed by atoms with Crippen LogP contribution in [-0.2, 0) is 23.2 Å². The van der Waals surface area contributed by atoms with E-state index in [-0.39, 0.29) is 28.2 Å². The van der Waals surface area contributed by atoms with Crippen LogP contribution in [0.4, 0.5) is 0 Å². The van der Waals surface area contributed by atoms with Gasteiger partial charge in [-0.3, -0.25) is 4.79 Å². The lowest BCUT2D eigenvalue weighted by atomic mass is 9.83. The van der Waals surface area contributed by atoms with Gasteiger partial charge in [0.25, 0.3) is 0 Å². The van der Waals surface area contributed by atoms with Crippen molar-refractivity contribution < 1.29 is 23.2 Å². The minimum Gasteiger partial charge on any atom is -0.457 e. The van der Waals surface area contributed by atoms with E-state index in [0.29, 0.717) is 6.42 Å². The zero-order valence-electron chi connectivity index (χ0n) is 18.1. The number of ketones is 1. The summed E-state index contributed by atoms with van der Waals surface area (Å²) >= 11 is 0. The third-order valence-corrected chi connectivity index (χ3v) is 15.7. The Balaban J connectivity index is 2.25. The molecule has 0 aromatic heterocycles. The van der Waals surface area contributed by atoms with E-state index < -0.39 is 34.4 Å². The topological polar surface area (TPSA) is 61.8 Å². The molecular weight excluding hydrogens is 364 g/mol. The zero-order valence-corrected chi connectivity index (χ0v) is 20.1. The van der Waals surface area contributed by atoms with Crippen molar-refractivity contribution in [3.63, 3.8) is 0 Å². The van der Waals surface area contributed by atoms with Crippen molar-refractivity contribution in [1.82, 2.24) is 0 Å². The normalized spacial score (nSPS) is 30.5. The van der Waals surface area contributed by atoms with Crippen molar-refractivity contribution in [2.75, 3.05) is 0 Å². The Morgan fingerprint density at radius 3 is 1.92 bits per heavy atom. The molecule has 5 nitrogen and oxygen atoms in total. The second kappa shape index (κ2) is 6.25. The fourth-order valence-corrected chi connectivity index (χ4v) is 5.79. The van der Waals surface area contributed by atoms with Crippen LogP contribution in [0.5, 0.6) is 0 Å². The lowest BCUT2D eigenvalue weighted by molar-refractivity contribution is -0.153. The monoisotopic (exact) mass is 400 g/mol. The lowest BCUT2D eigenvalue weighted by Crippen LogP contribution is -2.57. The second-order valence-corrected chi connectivity index (χ2v) is 20.4. The van der Waals surface area contributed by atoms with Gasteiger partial charge in [0.1, 0.15) is 12.2 Å². The number of Topliss-reactive ketones (excluding diaryl/α,β-unsaturated/α-hetero) is 1. The molecule has 3 atom stereocenters. The molecule has 0 radical (unpaired) electrons. The number of ether oxygens (including phenoxy) is 1. The van der Waals surface area contributed by atoms with Gasteiger partial charge >= 0.3 is 5.97 Å². The van der Waals surface area contributed by atoms with Gasteiger partial charge in [-0.05, 0) is 36.3 Å². The van der Waals surface area contributed by atoms with Crippen LogP contribution >= 0.6 is 0 Å². The van der Waals surface area contributed by atoms with Gasteiger partial charge in [0, 0.05) is 12.8 Å². The highest BCUT2D eigenvalue weighted by molar-refractivity contribution is 6.74. The quantitative estimate of drug-likeness (QED) is 0.516. The van der Waals surface area contributed by atoms with Gasteiger partial charge in [-0.2, -0.15) is 0 Å². The molecule has 2 rings (SSSR count). The van der Waals surface area contributed by atoms with Crippen molar-refractivity contribution in [3.05, 3.63) is 0 Å². The van der Waals surface area contributed by atoms with E-state index in [1.54, 1.807) is 0 Å². The van der Waals surface area contributed by atoms with Crippen LogP contribution in [-0.4, -0.2) is 46.2 Å². The van der Waals surface area contributed by atoms with E-state index in [4.69, 9.17) is 13.6 Å². The highest BCUT2D eigenvalue weighted by Gasteiger charge is 2.63. The van der Waals surface area contributed by atoms with Crippen molar-refractivity contribution in [2.45, 2.75) is 108 Å². The van der Waals surface area contributed by atoms with Gasteiger partial charge in [-0.25, -0.2) is 4.79 Å². The van der Waals surface area contributed by atoms with Crippen molar-refractivity contribution in [3.8, 4) is 0 Å². The molecule has 0 unspecified atom stereocenters. The summed E-state index contributed by atoms with van der Waals surface area (Å²) < 4.78 is 18.4. The summed E-state index contributed by atoms with van der Waals surface area (Å²) in [5, 5.41) is -0.0558. The van der Waals surface area contributed by atoms with Gasteiger partial charge in [0.15, 0.2) is 28.0 Å². The maximum atomic E-state index is 12.9. The lowest BCUT2D eigenvalue weighted by Gasteiger charge is -2.44. The maximum Gasteiger partial charge on any atom is 0.338 e. The zero-order chi connectivity index (χ0) is 20.3. The molecule has 0 aromatic rings. The van der Waals surface area contributed by atoms with Gasteiger partial charge in [-0.15, -0.1) is 0 Å². The smallest absolute Gasteiger partial charge is 0.338 e. The number of esters is 1. The SMILES string of the molecule is CC(C)(C)[Si](C)(C)O[C@@H]1C(=O)C[C@]2(O[Si](C)(C)C(C)(C)C)C[C@H]1OC2=O. The highest BCUT2D eigenvalue weighted by Crippen LogP contribution is 2.48. The van der Waals surface area contributed by atoms with Gasteiger partial charge in [0.05, 0.1) is 0 Å². The number of hydrogen-bond donors (Lipinski definition) is 0. The first-order valence-electron chi connectivity index (χ1n) is 9.54. The average molecular weight is 401 g/mol. The Morgan fingerprint density at radius 1 is 0.962 bits per heavy atom. The number of rotatable bonds is 4. The first kappa shape index (κ1) is 21.8. The van der Waals surface area contributed by atoms with Gasteiger partial charge in [0.2, 0.25) is 0 Å². The molecule has 0 N–H and O–H groups in total. The number of hydrogen-bond acceptors (Lipinski definition) is 5. The first-order valence-corrected chi connectivity index (χ1v) is 15.4. The summed E-state index contributed by atoms with van der Waals surface area (Å²) in [4.78, 5) is 25.7. The molecule has 1 saturated heterocycles. The molecule has 2 aliphatic rings. The average Bonchev–Trinajstić information content (AvgIpc) is 2.64. The first-order chi connectivity index (χ1) is 11.4. The summed E-state index contributed by atoms with van der Waals surface area (Å²) in [6.45, 7) is 21.2. The number of carbonyl (C=O) groups is 2. The van der Waals surface area contributed by atoms with Crippen LogP contribution in [0.1, 0.15) is 54.4 Å². The minimum absolute atomic E-state index is 0.0118. The molecule has 0 spiro atoms. The van der Waals surface area contributed by atoms with E-state index in [2.05, 4.69) is 67.7 Å². The Hall–Kier alpha value is -0.506. The van der Waals surface area contributed by atoms with Crippen LogP contribution in [0.15, 0.2) is 0 Å². The Bertz CT molecular complexity index is 600. The van der Waals surface area contributed by atoms with Crippen LogP contribution in [0.3, 0.4) is 0 Å². The molecular formula is C19H36O5Si2. The molecule has 1 aliphatic carbocycles. The van der Waals surface area contributed by atoms with E-state index in [1.165, 1.54) is 0 Å². The predicted octanol–water partition coefficient (Wildman–Crippen LogP) is 4.43. The summed E-state index contributed by atoms with van der Waals surface area (Å²) in [6, 6.07) is 0. The third-order valence-electron chi connectivity index (χ3n) is 6.76. The predicted molar refractivity (Wildman–Crippen MR) is 107 cm³/mol. The summed E-state index contributed by atoms with van der Waals surface area (Å²) in [7, 11) is -4.36. The Morgan fingerprint density at radius 2 is 1.46 bits per heavy atom. The molecule has 0 aromatic carbocycles. The maximum absolute atomic E-state index is 12.9. The fraction of sp³-hybridized carbons (Fsp3) is 0.895. The number of carbonyl (C=O) groups excluding carboxylic acids is 2. The van der Waals surface area contributed by atoms with Crippen molar-refractivity contribution in [1.29, 1.82) is 0 Å². The Labute approximate surface area is 160 Å². The number of fused-ring (bicyclic) bond motifs is 2. The Kier molecular flexibility index (Phi) is 5.24. The highest BCUT2D eigenvalue weighted by atomic mass is 28.4. The van der Waals surface area contributed by atoms with Crippen LogP contribution in [0.25, 0.3) is 0 Å². The molecule has 1 heterocycles. The second-order valence-electron chi connectivity index (χ2n) is 10.9. The molecule has 0 amide bonds. The van der Waals surface area contributed by atoms with Crippen molar-refractivity contribution in [2.24, 2.45) is 0 Å². The van der Waals surface area contributed by atoms with Crippen molar-refractivity contribution >= 4 is 28.4 Å². The summed E-state index contributed by atoms with van der Waals surface area (Å²) in [5.41, 5.74) is -1.11. The third kappa shape index (κ3) is 3.72. The molecule has 7 heteroatoms. The largest absolute Gasteiger partial charge is 0.457 e. The van der Waals surface area contributed by atoms with Gasteiger partial charge in [-0.1, -0.05) is 41.5 Å². The van der Waals surface area contributed by atoms with E-state index in [0.717, 1.165) is 0 Å². The molecule has 2 fully saturated rings. The van der Waals surface area contributed by atoms with Gasteiger partial charge < -0.3 is 13.6 Å². The van der Waals surface area contributed by atoms with Crippen LogP contribution < -0.4 is 0 Å². The summed E-state index contributed by atoms with van der Waals surface area (Å²) in [5.74, 6) is -0.447. The standard InChI is InChI=1S/C19H36O5Si2/c1-17(2,3)25(7,8)23-15-13(20)11-19(12-14(15)22-16(19)21)24-26(9,10)18(4,5)6/h14-15H,11-12H2,1-10H3/t14-,15-,19+/m1/s1. The van der Waals surface area contributed by atoms with Crippen LogP contribution in [0, 0.1) is 0 Å². The molecule has 1 saturated carbocycles. The van der Waals surface area contributed by atoms with Crippen LogP contribution in [0.2, 0.25) is 36.3 Å². The molecule has 2 bridgehead atoms. The minimum atomic E-state index is -2.21. The molecule has 26 heavy (non-hydrogen) atoms. The fourth-order valence-electron chi connectivity index (χ4n) is 2.99.